The van der Waals surface area contributed by atoms with Crippen LogP contribution in [0.5, 0.6) is 11.5 Å². The summed E-state index contributed by atoms with van der Waals surface area (Å²) in [5.41, 5.74) is 0.470. The van der Waals surface area contributed by atoms with E-state index in [0.717, 1.165) is 0 Å². The molecule has 0 aliphatic carbocycles. The predicted molar refractivity (Wildman–Crippen MR) is 68.9 cm³/mol. The maximum Gasteiger partial charge on any atom is 0.338 e. The molecule has 104 valence electrons. The Morgan fingerprint density at radius 2 is 1.68 bits per heavy atom. The van der Waals surface area contributed by atoms with E-state index >= 15 is 0 Å². The quantitative estimate of drug-likeness (QED) is 0.767. The number of ether oxygens (including phenoxy) is 3. The smallest absolute Gasteiger partial charge is 0.338 e. The molecule has 1 amide bonds. The summed E-state index contributed by atoms with van der Waals surface area (Å²) < 4.78 is 15.0. The molecule has 0 saturated heterocycles. The molecule has 6 heteroatoms. The van der Waals surface area contributed by atoms with Crippen molar-refractivity contribution in [3.05, 3.63) is 23.3 Å². The van der Waals surface area contributed by atoms with Gasteiger partial charge in [-0.25, -0.2) is 4.79 Å². The Morgan fingerprint density at radius 3 is 2.11 bits per heavy atom. The van der Waals surface area contributed by atoms with Crippen molar-refractivity contribution in [2.45, 2.75) is 0 Å². The highest BCUT2D eigenvalue weighted by Crippen LogP contribution is 2.33. The number of carbonyl (C=O) groups is 2. The van der Waals surface area contributed by atoms with Crippen LogP contribution in [0.3, 0.4) is 0 Å². The van der Waals surface area contributed by atoms with Crippen LogP contribution in [0, 0.1) is 0 Å². The Balaban J connectivity index is 3.48. The molecule has 1 aromatic rings. The number of nitrogens with zero attached hydrogens (tertiary/aromatic N) is 1. The van der Waals surface area contributed by atoms with Crippen molar-refractivity contribution in [2.24, 2.45) is 0 Å². The molecule has 0 spiro atoms. The van der Waals surface area contributed by atoms with Crippen LogP contribution < -0.4 is 9.47 Å². The lowest BCUT2D eigenvalue weighted by atomic mass is 10.1. The van der Waals surface area contributed by atoms with Gasteiger partial charge in [-0.3, -0.25) is 4.79 Å². The van der Waals surface area contributed by atoms with E-state index in [0.29, 0.717) is 5.75 Å². The third-order valence-corrected chi connectivity index (χ3v) is 2.54. The van der Waals surface area contributed by atoms with Crippen LogP contribution >= 0.6 is 0 Å². The molecule has 0 aromatic heterocycles. The van der Waals surface area contributed by atoms with Crippen molar-refractivity contribution in [3.63, 3.8) is 0 Å². The zero-order valence-electron chi connectivity index (χ0n) is 11.6. The molecule has 6 nitrogen and oxygen atoms in total. The number of amides is 1. The van der Waals surface area contributed by atoms with Crippen LogP contribution in [0.15, 0.2) is 12.1 Å². The summed E-state index contributed by atoms with van der Waals surface area (Å²) in [5.74, 6) is -0.251. The molecule has 1 rings (SSSR count). The van der Waals surface area contributed by atoms with Crippen molar-refractivity contribution in [2.75, 3.05) is 35.4 Å². The summed E-state index contributed by atoms with van der Waals surface area (Å²) in [4.78, 5) is 25.1. The largest absolute Gasteiger partial charge is 0.493 e. The van der Waals surface area contributed by atoms with Gasteiger partial charge in [0, 0.05) is 14.1 Å². The first-order valence-corrected chi connectivity index (χ1v) is 5.52. The number of methoxy groups -OCH3 is 3. The Kier molecular flexibility index (Phi) is 4.74. The number of hydrogen-bond donors (Lipinski definition) is 0. The molecule has 0 bridgehead atoms. The van der Waals surface area contributed by atoms with E-state index in [4.69, 9.17) is 9.47 Å². The van der Waals surface area contributed by atoms with Crippen LogP contribution in [-0.2, 0) is 4.74 Å². The highest BCUT2D eigenvalue weighted by atomic mass is 16.5. The van der Waals surface area contributed by atoms with Gasteiger partial charge in [0.2, 0.25) is 0 Å². The third-order valence-electron chi connectivity index (χ3n) is 2.54. The Hall–Kier alpha value is -2.24. The Bertz CT molecular complexity index is 496. The summed E-state index contributed by atoms with van der Waals surface area (Å²) in [6.45, 7) is 0. The molecule has 0 N–H and O–H groups in total. The summed E-state index contributed by atoms with van der Waals surface area (Å²) in [6.07, 6.45) is 0. The third kappa shape index (κ3) is 2.96. The fourth-order valence-electron chi connectivity index (χ4n) is 1.60. The van der Waals surface area contributed by atoms with Gasteiger partial charge in [0.25, 0.3) is 5.91 Å². The first-order valence-electron chi connectivity index (χ1n) is 5.52. The normalized spacial score (nSPS) is 9.74. The van der Waals surface area contributed by atoms with Crippen LogP contribution in [0.2, 0.25) is 0 Å². The van der Waals surface area contributed by atoms with E-state index in [1.165, 1.54) is 38.4 Å². The van der Waals surface area contributed by atoms with Crippen LogP contribution in [0.1, 0.15) is 20.7 Å². The maximum atomic E-state index is 12.1. The molecule has 0 radical (unpaired) electrons. The average molecular weight is 267 g/mol. The van der Waals surface area contributed by atoms with Gasteiger partial charge in [-0.05, 0) is 12.1 Å². The number of benzene rings is 1. The molecule has 0 atom stereocenters. The molecular weight excluding hydrogens is 250 g/mol. The van der Waals surface area contributed by atoms with Gasteiger partial charge in [-0.1, -0.05) is 0 Å². The van der Waals surface area contributed by atoms with Crippen molar-refractivity contribution in [1.82, 2.24) is 4.90 Å². The topological polar surface area (TPSA) is 65.1 Å². The van der Waals surface area contributed by atoms with Crippen LogP contribution in [0.25, 0.3) is 0 Å². The summed E-state index contributed by atoms with van der Waals surface area (Å²) in [5, 5.41) is 0. The monoisotopic (exact) mass is 267 g/mol. The van der Waals surface area contributed by atoms with E-state index in [1.54, 1.807) is 14.1 Å². The molecule has 19 heavy (non-hydrogen) atoms. The second kappa shape index (κ2) is 6.08. The van der Waals surface area contributed by atoms with Crippen LogP contribution in [-0.4, -0.2) is 52.2 Å². The van der Waals surface area contributed by atoms with Crippen molar-refractivity contribution >= 4 is 11.9 Å². The minimum Gasteiger partial charge on any atom is -0.493 e. The highest BCUT2D eigenvalue weighted by molar-refractivity contribution is 6.01. The zero-order valence-corrected chi connectivity index (χ0v) is 11.6. The van der Waals surface area contributed by atoms with Crippen molar-refractivity contribution in [1.29, 1.82) is 0 Å². The lowest BCUT2D eigenvalue weighted by Gasteiger charge is -2.16. The molecule has 0 saturated carbocycles. The van der Waals surface area contributed by atoms with Gasteiger partial charge in [0.15, 0.2) is 11.5 Å². The summed E-state index contributed by atoms with van der Waals surface area (Å²) >= 11 is 0. The first kappa shape index (κ1) is 14.8. The molecule has 0 unspecified atom stereocenters. The van der Waals surface area contributed by atoms with E-state index < -0.39 is 5.97 Å². The zero-order chi connectivity index (χ0) is 14.6. The summed E-state index contributed by atoms with van der Waals surface area (Å²) in [7, 11) is 7.36. The molecule has 0 heterocycles. The second-order valence-electron chi connectivity index (χ2n) is 3.95. The van der Waals surface area contributed by atoms with Gasteiger partial charge in [0.05, 0.1) is 32.5 Å². The number of hydrogen-bond acceptors (Lipinski definition) is 5. The first-order chi connectivity index (χ1) is 8.96. The second-order valence-corrected chi connectivity index (χ2v) is 3.95. The number of carbonyl (C=O) groups excluding carboxylic acids is 2. The van der Waals surface area contributed by atoms with E-state index in [-0.39, 0.29) is 22.8 Å². The lowest BCUT2D eigenvalue weighted by molar-refractivity contribution is 0.0600. The molecular formula is C13H17NO5. The lowest BCUT2D eigenvalue weighted by Crippen LogP contribution is -2.23. The number of esters is 1. The standard InChI is InChI=1S/C13H17NO5/c1-14(2)12(15)9-6-8(13(16)19-5)7-10(17-3)11(9)18-4/h6-7H,1-5H3. The average Bonchev–Trinajstić information content (AvgIpc) is 2.43. The molecule has 0 aliphatic heterocycles. The predicted octanol–water partition coefficient (Wildman–Crippen LogP) is 1.19. The minimum atomic E-state index is -0.547. The fourth-order valence-corrected chi connectivity index (χ4v) is 1.60. The van der Waals surface area contributed by atoms with Gasteiger partial charge < -0.3 is 19.1 Å². The fraction of sp³-hybridized carbons (Fsp3) is 0.385. The number of rotatable bonds is 4. The molecule has 1 aromatic carbocycles. The van der Waals surface area contributed by atoms with Crippen LogP contribution in [0.4, 0.5) is 0 Å². The molecule has 0 fully saturated rings. The molecule has 0 aliphatic rings. The Labute approximate surface area is 111 Å². The minimum absolute atomic E-state index is 0.227. The van der Waals surface area contributed by atoms with Crippen molar-refractivity contribution < 1.29 is 23.8 Å². The van der Waals surface area contributed by atoms with Gasteiger partial charge in [0.1, 0.15) is 0 Å². The highest BCUT2D eigenvalue weighted by Gasteiger charge is 2.22. The van der Waals surface area contributed by atoms with E-state index in [1.807, 2.05) is 0 Å². The van der Waals surface area contributed by atoms with Gasteiger partial charge in [-0.2, -0.15) is 0 Å². The van der Waals surface area contributed by atoms with E-state index in [9.17, 15) is 9.59 Å². The summed E-state index contributed by atoms with van der Waals surface area (Å²) in [6, 6.07) is 2.90. The van der Waals surface area contributed by atoms with Gasteiger partial charge in [-0.15, -0.1) is 0 Å². The van der Waals surface area contributed by atoms with Gasteiger partial charge >= 0.3 is 5.97 Å². The van der Waals surface area contributed by atoms with Crippen molar-refractivity contribution in [3.8, 4) is 11.5 Å². The van der Waals surface area contributed by atoms with E-state index in [2.05, 4.69) is 4.74 Å². The Morgan fingerprint density at radius 1 is 1.05 bits per heavy atom. The SMILES string of the molecule is COC(=O)c1cc(OC)c(OC)c(C(=O)N(C)C)c1. The maximum absolute atomic E-state index is 12.1.